The normalized spacial score (nSPS) is 19.5. The number of carbonyl (C=O) groups excluding carboxylic acids is 1. The van der Waals surface area contributed by atoms with Gasteiger partial charge >= 0.3 is 0 Å². The highest BCUT2D eigenvalue weighted by atomic mass is 19.1. The van der Waals surface area contributed by atoms with Gasteiger partial charge in [-0.1, -0.05) is 60.7 Å². The maximum atomic E-state index is 15.0. The van der Waals surface area contributed by atoms with Gasteiger partial charge in [0.25, 0.3) is 0 Å². The fourth-order valence-corrected chi connectivity index (χ4v) is 15.8. The Balaban J connectivity index is 0.000000115. The molecule has 0 spiro atoms. The van der Waals surface area contributed by atoms with E-state index in [1.54, 1.807) is 66.8 Å². The lowest BCUT2D eigenvalue weighted by Crippen LogP contribution is -2.37. The lowest BCUT2D eigenvalue weighted by molar-refractivity contribution is -0.726. The number of hydrogen-bond donors (Lipinski definition) is 2. The fourth-order valence-electron chi connectivity index (χ4n) is 15.8. The zero-order valence-electron chi connectivity index (χ0n) is 52.1. The molecule has 1 aliphatic carbocycles. The lowest BCUT2D eigenvalue weighted by Gasteiger charge is -2.37. The quantitative estimate of drug-likeness (QED) is 0.102. The number of ether oxygens (including phenoxy) is 1. The number of nitrogens with one attached hydrogen (secondary N) is 2. The fraction of sp³-hybridized carbons (Fsp3) is 0.297. The van der Waals surface area contributed by atoms with Crippen LogP contribution in [0.15, 0.2) is 184 Å². The summed E-state index contributed by atoms with van der Waals surface area (Å²) in [7, 11) is 5.45. The molecule has 0 radical (unpaired) electrons. The lowest BCUT2D eigenvalue weighted by atomic mass is 9.76. The number of rotatable bonds is 10. The molecule has 10 heterocycles. The van der Waals surface area contributed by atoms with E-state index < -0.39 is 0 Å². The molecule has 15 nitrogen and oxygen atoms in total. The molecule has 3 atom stereocenters. The van der Waals surface area contributed by atoms with Crippen molar-refractivity contribution < 1.29 is 31.8 Å². The van der Waals surface area contributed by atoms with E-state index in [2.05, 4.69) is 84.4 Å². The SMILES string of the molecule is COc1cccc(NC(=O)C2CCC(C3c4c(F)cccc4-c4cncn43)CC2)c1.C[n+]1cc(-c2ccc(N3CCC([C@H]4c5c(F)cccc5-c5cncn54)CC3)cc2)c[nH]1.Cn1cc(-c2ccc(N3CCC(C4c5c(F)cccc5-c5cncn54)CC3)c(F)c2)cn1. The smallest absolute Gasteiger partial charge is 0.227 e. The topological polar surface area (TPSA) is 136 Å². The Labute approximate surface area is 537 Å². The second kappa shape index (κ2) is 24.9. The first-order valence-corrected chi connectivity index (χ1v) is 32.2. The van der Waals surface area contributed by atoms with Gasteiger partial charge in [-0.05, 0) is 135 Å². The standard InChI is InChI=1S/C25H23F2N5.C25H24FN5.C24H24FN3O2/c1-30-14-18(12-29-30)17-5-6-22(21(27)11-17)31-9-7-16(8-10-31)25-24-19(3-2-4-20(24)26)23-13-28-15-32(23)25;1-29-15-19(13-28-29)17-5-7-20(8-6-17)30-11-9-18(10-12-30)25-24-21(3-2-4-22(24)26)23-14-27-16-31(23)25;1-30-18-5-2-4-17(12-18)27-24(29)16-10-8-15(9-11-16)23-22-19(6-3-7-20(22)25)21-13-26-14-28(21)23/h2-6,11-16,25H,7-10H2,1H3;2-8,13-16,18,25H,9-12H2,1H3;2-7,12-16,23H,8-11H2,1H3,(H,27,29)/p+1/t;25-;/m.0./s1. The Hall–Kier alpha value is -10.0. The number of fused-ring (bicyclic) bond motifs is 9. The molecule has 5 aliphatic heterocycles. The molecular weight excluding hydrogens is 1180 g/mol. The van der Waals surface area contributed by atoms with Gasteiger partial charge in [0.1, 0.15) is 29.0 Å². The van der Waals surface area contributed by atoms with Gasteiger partial charge in [0.2, 0.25) is 12.1 Å². The minimum absolute atomic E-state index is 0.0313. The molecule has 3 fully saturated rings. The number of amides is 1. The number of piperidine rings is 2. The van der Waals surface area contributed by atoms with Crippen molar-refractivity contribution in [2.75, 3.05) is 48.4 Å². The third-order valence-corrected chi connectivity index (χ3v) is 20.3. The van der Waals surface area contributed by atoms with Crippen molar-refractivity contribution in [3.05, 3.63) is 224 Å². The molecule has 6 aliphatic rings. The van der Waals surface area contributed by atoms with Crippen molar-refractivity contribution in [1.82, 2.24) is 43.5 Å². The molecule has 19 heteroatoms. The van der Waals surface area contributed by atoms with Crippen LogP contribution >= 0.6 is 0 Å². The van der Waals surface area contributed by atoms with E-state index >= 15 is 0 Å². The molecule has 17 rings (SSSR count). The van der Waals surface area contributed by atoms with Crippen LogP contribution in [0, 0.1) is 46.9 Å². The summed E-state index contributed by atoms with van der Waals surface area (Å²) in [6.45, 7) is 3.43. The predicted molar refractivity (Wildman–Crippen MR) is 350 cm³/mol. The molecule has 0 bridgehead atoms. The van der Waals surface area contributed by atoms with Crippen LogP contribution in [0.25, 0.3) is 56.0 Å². The van der Waals surface area contributed by atoms with Crippen molar-refractivity contribution in [2.45, 2.75) is 69.5 Å². The third-order valence-electron chi connectivity index (χ3n) is 20.3. The number of benzene rings is 6. The number of aromatic amines is 1. The Bertz CT molecular complexity index is 4520. The Morgan fingerprint density at radius 2 is 1.05 bits per heavy atom. The predicted octanol–water partition coefficient (Wildman–Crippen LogP) is 14.4. The number of anilines is 3. The van der Waals surface area contributed by atoms with Gasteiger partial charge in [0, 0.05) is 102 Å². The zero-order valence-corrected chi connectivity index (χ0v) is 52.1. The molecular formula is C74H72F4N13O2+. The van der Waals surface area contributed by atoms with Crippen LogP contribution < -0.4 is 24.5 Å². The number of aryl methyl sites for hydroxylation is 2. The van der Waals surface area contributed by atoms with Crippen molar-refractivity contribution >= 4 is 23.0 Å². The van der Waals surface area contributed by atoms with Gasteiger partial charge in [-0.3, -0.25) is 9.48 Å². The summed E-state index contributed by atoms with van der Waals surface area (Å²) in [5.74, 6) is 1.07. The second-order valence-electron chi connectivity index (χ2n) is 25.6. The first kappa shape index (κ1) is 59.3. The number of hydrogen-bond acceptors (Lipinski definition) is 8. The van der Waals surface area contributed by atoms with Crippen LogP contribution in [-0.2, 0) is 18.9 Å². The summed E-state index contributed by atoms with van der Waals surface area (Å²) in [4.78, 5) is 30.3. The van der Waals surface area contributed by atoms with Crippen LogP contribution in [-0.4, -0.2) is 82.7 Å². The number of carbonyl (C=O) groups is 1. The molecule has 5 aromatic heterocycles. The van der Waals surface area contributed by atoms with Crippen LogP contribution in [0.2, 0.25) is 0 Å². The summed E-state index contributed by atoms with van der Waals surface area (Å²) in [5, 5.41) is 10.3. The molecule has 2 saturated heterocycles. The van der Waals surface area contributed by atoms with E-state index in [4.69, 9.17) is 4.74 Å². The maximum absolute atomic E-state index is 15.0. The summed E-state index contributed by atoms with van der Waals surface area (Å²) >= 11 is 0. The summed E-state index contributed by atoms with van der Waals surface area (Å²) in [6.07, 6.45) is 25.8. The summed E-state index contributed by atoms with van der Waals surface area (Å²) in [6, 6.07) is 37.5. The van der Waals surface area contributed by atoms with Crippen molar-refractivity contribution in [3.63, 3.8) is 0 Å². The monoisotopic (exact) mass is 1250 g/mol. The first-order chi connectivity index (χ1) is 45.4. The maximum Gasteiger partial charge on any atom is 0.227 e. The highest BCUT2D eigenvalue weighted by Crippen LogP contribution is 2.51. The van der Waals surface area contributed by atoms with E-state index in [0.29, 0.717) is 11.6 Å². The molecule has 1 amide bonds. The Kier molecular flexibility index (Phi) is 15.9. The molecule has 472 valence electrons. The van der Waals surface area contributed by atoms with E-state index in [1.165, 1.54) is 16.8 Å². The van der Waals surface area contributed by atoms with Crippen LogP contribution in [0.1, 0.15) is 86.2 Å². The van der Waals surface area contributed by atoms with Gasteiger partial charge in [-0.25, -0.2) is 32.5 Å². The largest absolute Gasteiger partial charge is 0.497 e. The minimum atomic E-state index is -0.223. The summed E-state index contributed by atoms with van der Waals surface area (Å²) in [5.41, 5.74) is 15.0. The first-order valence-electron chi connectivity index (χ1n) is 32.2. The van der Waals surface area contributed by atoms with Gasteiger partial charge in [-0.15, -0.1) is 4.68 Å². The van der Waals surface area contributed by atoms with Crippen LogP contribution in [0.4, 0.5) is 34.6 Å². The van der Waals surface area contributed by atoms with Gasteiger partial charge < -0.3 is 33.6 Å². The highest BCUT2D eigenvalue weighted by Gasteiger charge is 2.42. The Morgan fingerprint density at radius 1 is 0.548 bits per heavy atom. The van der Waals surface area contributed by atoms with Crippen molar-refractivity contribution in [3.8, 4) is 61.8 Å². The average molecular weight is 1250 g/mol. The zero-order chi connectivity index (χ0) is 63.4. The Morgan fingerprint density at radius 3 is 1.54 bits per heavy atom. The van der Waals surface area contributed by atoms with Crippen molar-refractivity contribution in [2.24, 2.45) is 37.8 Å². The van der Waals surface area contributed by atoms with Crippen molar-refractivity contribution in [1.29, 1.82) is 0 Å². The van der Waals surface area contributed by atoms with Gasteiger partial charge in [0.15, 0.2) is 7.05 Å². The number of halogens is 4. The molecule has 6 aromatic carbocycles. The van der Waals surface area contributed by atoms with Crippen LogP contribution in [0.5, 0.6) is 5.75 Å². The van der Waals surface area contributed by atoms with Gasteiger partial charge in [-0.2, -0.15) is 10.2 Å². The number of methoxy groups -OCH3 is 1. The number of aromatic nitrogens is 10. The average Bonchev–Trinajstić information content (AvgIpc) is 1.61. The minimum Gasteiger partial charge on any atom is -0.497 e. The third kappa shape index (κ3) is 11.1. The number of H-pyrrole nitrogens is 1. The molecule has 11 aromatic rings. The number of imidazole rings is 3. The van der Waals surface area contributed by atoms with E-state index in [1.807, 2.05) is 117 Å². The molecule has 2 unspecified atom stereocenters. The molecule has 1 saturated carbocycles. The molecule has 2 N–H and O–H groups in total. The van der Waals surface area contributed by atoms with Crippen LogP contribution in [0.3, 0.4) is 0 Å². The summed E-state index contributed by atoms with van der Waals surface area (Å²) < 4.78 is 74.6. The van der Waals surface area contributed by atoms with E-state index in [-0.39, 0.29) is 65.1 Å². The second-order valence-corrected chi connectivity index (χ2v) is 25.6. The van der Waals surface area contributed by atoms with E-state index in [0.717, 1.165) is 151 Å². The van der Waals surface area contributed by atoms with Gasteiger partial charge in [0.05, 0.1) is 104 Å². The van der Waals surface area contributed by atoms with E-state index in [9.17, 15) is 22.4 Å². The molecule has 93 heavy (non-hydrogen) atoms. The number of nitrogens with zero attached hydrogens (tertiary/aromatic N) is 11. The highest BCUT2D eigenvalue weighted by molar-refractivity contribution is 5.92.